The van der Waals surface area contributed by atoms with Gasteiger partial charge in [-0.15, -0.1) is 6.42 Å². The van der Waals surface area contributed by atoms with Crippen molar-refractivity contribution in [3.63, 3.8) is 0 Å². The van der Waals surface area contributed by atoms with Crippen molar-refractivity contribution in [3.05, 3.63) is 53.6 Å². The van der Waals surface area contributed by atoms with Crippen LogP contribution in [-0.2, 0) is 35.1 Å². The Morgan fingerprint density at radius 2 is 1.78 bits per heavy atom. The van der Waals surface area contributed by atoms with Gasteiger partial charge in [-0.3, -0.25) is 24.5 Å². The van der Waals surface area contributed by atoms with Crippen molar-refractivity contribution in [2.24, 2.45) is 0 Å². The molecule has 2 aliphatic heterocycles. The summed E-state index contributed by atoms with van der Waals surface area (Å²) in [6.45, 7) is 2.71. The molecule has 1 fully saturated rings. The smallest absolute Gasteiger partial charge is 0.258 e. The highest BCUT2D eigenvalue weighted by Gasteiger charge is 2.40. The van der Waals surface area contributed by atoms with Crippen LogP contribution in [0.15, 0.2) is 42.5 Å². The molecule has 0 saturated carbocycles. The lowest BCUT2D eigenvalue weighted by atomic mass is 9.96. The van der Waals surface area contributed by atoms with Gasteiger partial charge in [0.05, 0.1) is 38.6 Å². The van der Waals surface area contributed by atoms with E-state index in [1.54, 1.807) is 18.2 Å². The van der Waals surface area contributed by atoms with E-state index in [1.165, 1.54) is 4.90 Å². The van der Waals surface area contributed by atoms with Crippen LogP contribution in [0.3, 0.4) is 0 Å². The molecule has 0 spiro atoms. The first-order chi connectivity index (χ1) is 20.0. The van der Waals surface area contributed by atoms with Gasteiger partial charge in [-0.1, -0.05) is 36.3 Å². The highest BCUT2D eigenvalue weighted by molar-refractivity contribution is 6.08. The summed E-state index contributed by atoms with van der Waals surface area (Å²) in [4.78, 5) is 51.1. The summed E-state index contributed by atoms with van der Waals surface area (Å²) >= 11 is 0. The Morgan fingerprint density at radius 1 is 1.02 bits per heavy atom. The maximum atomic E-state index is 13.4. The largest absolute Gasteiger partial charge is 0.484 e. The summed E-state index contributed by atoms with van der Waals surface area (Å²) in [7, 11) is 0. The highest BCUT2D eigenvalue weighted by Crippen LogP contribution is 2.35. The average molecular weight is 564 g/mol. The number of piperidine rings is 1. The first-order valence-corrected chi connectivity index (χ1v) is 13.4. The van der Waals surface area contributed by atoms with E-state index in [2.05, 4.69) is 16.6 Å². The van der Waals surface area contributed by atoms with Crippen LogP contribution in [0.2, 0.25) is 0 Å². The zero-order valence-corrected chi connectivity index (χ0v) is 22.7. The SMILES string of the molecule is C#CCOCCOCCOCCNC(=O)COc1cccc(-c2cccc3c2C(=O)N(C2CCC(=O)NC2=O)C3)c1. The molecule has 2 aliphatic rings. The van der Waals surface area contributed by atoms with E-state index in [0.29, 0.717) is 69.4 Å². The number of benzene rings is 2. The van der Waals surface area contributed by atoms with Crippen LogP contribution in [0.4, 0.5) is 0 Å². The number of imide groups is 1. The second-order valence-corrected chi connectivity index (χ2v) is 9.39. The molecule has 216 valence electrons. The molecule has 0 aliphatic carbocycles. The average Bonchev–Trinajstić information content (AvgIpc) is 3.31. The van der Waals surface area contributed by atoms with Crippen molar-refractivity contribution >= 4 is 23.6 Å². The third-order valence-corrected chi connectivity index (χ3v) is 6.57. The lowest BCUT2D eigenvalue weighted by Gasteiger charge is -2.29. The second-order valence-electron chi connectivity index (χ2n) is 9.39. The molecular formula is C30H33N3O8. The van der Waals surface area contributed by atoms with Gasteiger partial charge >= 0.3 is 0 Å². The minimum Gasteiger partial charge on any atom is -0.484 e. The lowest BCUT2D eigenvalue weighted by molar-refractivity contribution is -0.137. The number of ether oxygens (including phenoxy) is 4. The van der Waals surface area contributed by atoms with Crippen molar-refractivity contribution in [3.8, 4) is 29.2 Å². The Morgan fingerprint density at radius 3 is 2.56 bits per heavy atom. The molecule has 0 bridgehead atoms. The zero-order chi connectivity index (χ0) is 29.0. The molecule has 1 atom stereocenters. The molecule has 11 heteroatoms. The molecule has 1 saturated heterocycles. The molecule has 2 aromatic rings. The van der Waals surface area contributed by atoms with Crippen molar-refractivity contribution in [2.45, 2.75) is 25.4 Å². The number of fused-ring (bicyclic) bond motifs is 1. The summed E-state index contributed by atoms with van der Waals surface area (Å²) < 4.78 is 21.5. The number of rotatable bonds is 15. The van der Waals surface area contributed by atoms with Crippen LogP contribution >= 0.6 is 0 Å². The van der Waals surface area contributed by atoms with Gasteiger partial charge in [0.2, 0.25) is 11.8 Å². The third kappa shape index (κ3) is 8.14. The van der Waals surface area contributed by atoms with Crippen LogP contribution in [0.25, 0.3) is 11.1 Å². The van der Waals surface area contributed by atoms with Gasteiger partial charge in [-0.2, -0.15) is 0 Å². The molecular weight excluding hydrogens is 530 g/mol. The fourth-order valence-corrected chi connectivity index (χ4v) is 4.64. The van der Waals surface area contributed by atoms with E-state index < -0.39 is 11.9 Å². The highest BCUT2D eigenvalue weighted by atomic mass is 16.5. The zero-order valence-electron chi connectivity index (χ0n) is 22.7. The van der Waals surface area contributed by atoms with E-state index in [1.807, 2.05) is 24.3 Å². The van der Waals surface area contributed by atoms with Gasteiger partial charge in [0, 0.05) is 19.5 Å². The second kappa shape index (κ2) is 14.9. The molecule has 0 aromatic heterocycles. The van der Waals surface area contributed by atoms with Crippen molar-refractivity contribution in [2.75, 3.05) is 52.8 Å². The van der Waals surface area contributed by atoms with Gasteiger partial charge in [0.1, 0.15) is 18.4 Å². The fraction of sp³-hybridized carbons (Fsp3) is 0.400. The Balaban J connectivity index is 1.24. The number of hydrogen-bond acceptors (Lipinski definition) is 8. The quantitative estimate of drug-likeness (QED) is 0.188. The number of carbonyl (C=O) groups is 4. The maximum Gasteiger partial charge on any atom is 0.258 e. The molecule has 2 heterocycles. The summed E-state index contributed by atoms with van der Waals surface area (Å²) in [6.07, 6.45) is 5.58. The van der Waals surface area contributed by atoms with Gasteiger partial charge in [-0.25, -0.2) is 0 Å². The predicted molar refractivity (Wildman–Crippen MR) is 148 cm³/mol. The molecule has 2 aromatic carbocycles. The molecule has 0 radical (unpaired) electrons. The van der Waals surface area contributed by atoms with Crippen LogP contribution in [0, 0.1) is 12.3 Å². The minimum atomic E-state index is -0.683. The molecule has 4 amide bonds. The molecule has 11 nitrogen and oxygen atoms in total. The summed E-state index contributed by atoms with van der Waals surface area (Å²) in [5.41, 5.74) is 2.79. The summed E-state index contributed by atoms with van der Waals surface area (Å²) in [5, 5.41) is 5.06. The van der Waals surface area contributed by atoms with Crippen molar-refractivity contribution in [1.29, 1.82) is 0 Å². The Hall–Kier alpha value is -4.24. The van der Waals surface area contributed by atoms with E-state index in [4.69, 9.17) is 25.4 Å². The number of nitrogens with one attached hydrogen (secondary N) is 2. The van der Waals surface area contributed by atoms with E-state index in [-0.39, 0.29) is 37.4 Å². The predicted octanol–water partition coefficient (Wildman–Crippen LogP) is 1.29. The molecule has 4 rings (SSSR count). The van der Waals surface area contributed by atoms with E-state index in [9.17, 15) is 19.2 Å². The third-order valence-electron chi connectivity index (χ3n) is 6.57. The minimum absolute atomic E-state index is 0.181. The van der Waals surface area contributed by atoms with Gasteiger partial charge in [0.25, 0.3) is 11.8 Å². The molecule has 2 N–H and O–H groups in total. The van der Waals surface area contributed by atoms with Gasteiger partial charge in [-0.05, 0) is 35.2 Å². The normalized spacial score (nSPS) is 16.2. The van der Waals surface area contributed by atoms with Crippen LogP contribution < -0.4 is 15.4 Å². The van der Waals surface area contributed by atoms with Crippen LogP contribution in [-0.4, -0.2) is 87.4 Å². The maximum absolute atomic E-state index is 13.4. The lowest BCUT2D eigenvalue weighted by Crippen LogP contribution is -2.52. The van der Waals surface area contributed by atoms with E-state index >= 15 is 0 Å². The number of terminal acetylenes is 1. The topological polar surface area (TPSA) is 132 Å². The van der Waals surface area contributed by atoms with Crippen LogP contribution in [0.1, 0.15) is 28.8 Å². The molecule has 1 unspecified atom stereocenters. The van der Waals surface area contributed by atoms with Gasteiger partial charge < -0.3 is 29.2 Å². The van der Waals surface area contributed by atoms with Crippen molar-refractivity contribution < 1.29 is 38.1 Å². The fourth-order valence-electron chi connectivity index (χ4n) is 4.64. The van der Waals surface area contributed by atoms with Gasteiger partial charge in [0.15, 0.2) is 6.61 Å². The summed E-state index contributed by atoms with van der Waals surface area (Å²) in [5.74, 6) is 1.53. The Kier molecular flexibility index (Phi) is 10.8. The summed E-state index contributed by atoms with van der Waals surface area (Å²) in [6, 6.07) is 12.0. The van der Waals surface area contributed by atoms with Crippen LogP contribution in [0.5, 0.6) is 5.75 Å². The van der Waals surface area contributed by atoms with E-state index in [0.717, 1.165) is 11.1 Å². The number of carbonyl (C=O) groups excluding carboxylic acids is 4. The number of hydrogen-bond donors (Lipinski definition) is 2. The number of nitrogens with zero attached hydrogens (tertiary/aromatic N) is 1. The Bertz CT molecular complexity index is 1300. The van der Waals surface area contributed by atoms with Crippen molar-refractivity contribution in [1.82, 2.24) is 15.5 Å². The Labute approximate surface area is 238 Å². The first kappa shape index (κ1) is 29.7. The number of amides is 4. The first-order valence-electron chi connectivity index (χ1n) is 13.4. The monoisotopic (exact) mass is 563 g/mol. The molecule has 41 heavy (non-hydrogen) atoms. The standard InChI is InChI=1S/C30H33N3O8/c1-2-12-38-14-16-40-17-15-39-13-11-31-27(35)20-41-23-7-3-5-21(18-23)24-8-4-6-22-19-33(30(37)28(22)24)25-9-10-26(34)32-29(25)36/h1,3-8,18,25H,9-17,19-20H2,(H,31,35)(H,32,34,36).